The Morgan fingerprint density at radius 3 is 2.50 bits per heavy atom. The molecule has 2 heterocycles. The van der Waals surface area contributed by atoms with Gasteiger partial charge in [0.25, 0.3) is 5.91 Å². The predicted molar refractivity (Wildman–Crippen MR) is 172 cm³/mol. The number of carbonyl (C=O) groups is 4. The summed E-state index contributed by atoms with van der Waals surface area (Å²) in [5.74, 6) is -1.22. The lowest BCUT2D eigenvalue weighted by Gasteiger charge is -2.31. The number of anilines is 1. The van der Waals surface area contributed by atoms with Gasteiger partial charge < -0.3 is 20.5 Å². The minimum Gasteiger partial charge on any atom is -0.484 e. The largest absolute Gasteiger partial charge is 0.521 e. The molecule has 3 unspecified atom stereocenters. The van der Waals surface area contributed by atoms with Gasteiger partial charge in [-0.05, 0) is 43.7 Å². The van der Waals surface area contributed by atoms with Crippen molar-refractivity contribution in [2.75, 3.05) is 17.6 Å². The maximum Gasteiger partial charge on any atom is 0.521 e. The van der Waals surface area contributed by atoms with Crippen LogP contribution in [-0.4, -0.2) is 65.5 Å². The van der Waals surface area contributed by atoms with Crippen LogP contribution < -0.4 is 20.5 Å². The van der Waals surface area contributed by atoms with E-state index in [1.165, 1.54) is 6.07 Å². The zero-order chi connectivity index (χ0) is 33.4. The molecule has 3 aromatic carbocycles. The lowest BCUT2D eigenvalue weighted by molar-refractivity contribution is -0.795. The van der Waals surface area contributed by atoms with Crippen LogP contribution in [0.1, 0.15) is 52.7 Å². The zero-order valence-corrected chi connectivity index (χ0v) is 27.2. The number of imide groups is 1. The van der Waals surface area contributed by atoms with Crippen molar-refractivity contribution in [3.8, 4) is 5.75 Å². The molecule has 0 spiro atoms. The summed E-state index contributed by atoms with van der Waals surface area (Å²) in [6, 6.07) is 17.3. The van der Waals surface area contributed by atoms with Gasteiger partial charge in [-0.2, -0.15) is 9.28 Å². The molecule has 15 heteroatoms. The molecular formula is C31H32ClN4O8S2+. The van der Waals surface area contributed by atoms with Crippen molar-refractivity contribution in [1.82, 2.24) is 5.32 Å². The average Bonchev–Trinajstić information content (AvgIpc) is 3.35. The van der Waals surface area contributed by atoms with Gasteiger partial charge in [-0.3, -0.25) is 9.59 Å². The van der Waals surface area contributed by atoms with E-state index in [4.69, 9.17) is 21.5 Å². The number of carbonyl (C=O) groups excluding carboxylic acids is 3. The normalized spacial score (nSPS) is 23.0. The number of nitrogens with one attached hydrogen (secondary N) is 2. The molecule has 3 aromatic rings. The minimum absolute atomic E-state index is 0.0570. The number of halogens is 1. The van der Waals surface area contributed by atoms with Crippen molar-refractivity contribution in [2.45, 2.75) is 43.5 Å². The maximum absolute atomic E-state index is 13.7. The first-order valence-corrected chi connectivity index (χ1v) is 17.2. The number of primary sulfonamides is 1. The van der Waals surface area contributed by atoms with E-state index in [1.807, 2.05) is 0 Å². The predicted octanol–water partition coefficient (Wildman–Crippen LogP) is 4.61. The third-order valence-electron chi connectivity index (χ3n) is 8.17. The second-order valence-corrected chi connectivity index (χ2v) is 14.3. The number of amides is 3. The maximum atomic E-state index is 13.7. The summed E-state index contributed by atoms with van der Waals surface area (Å²) in [7, 11) is -4.15. The van der Waals surface area contributed by atoms with Crippen LogP contribution in [0.25, 0.3) is 0 Å². The van der Waals surface area contributed by atoms with Crippen LogP contribution in [0.2, 0.25) is 5.02 Å². The van der Waals surface area contributed by atoms with Crippen LogP contribution in [0.5, 0.6) is 5.75 Å². The van der Waals surface area contributed by atoms with Crippen molar-refractivity contribution in [3.05, 3.63) is 88.4 Å². The summed E-state index contributed by atoms with van der Waals surface area (Å²) in [4.78, 5) is 51.4. The van der Waals surface area contributed by atoms with Gasteiger partial charge in [0, 0.05) is 17.7 Å². The number of fused-ring (bicyclic) bond motifs is 1. The molecular weight excluding hydrogens is 656 g/mol. The number of sulfonamides is 1. The molecule has 1 fully saturated rings. The Bertz CT molecular complexity index is 1820. The molecule has 242 valence electrons. The SMILES string of the molecule is CC(CSC(=O)c1ccccc1)C(=O)[N@+]1(C(=O)O)C[C@@H](Oc2cccc(C3NC(=O)c4cc(S(N)(=O)=O)c(Cl)cc4N3)c2)CC1C. The first kappa shape index (κ1) is 33.4. The molecule has 3 amide bonds. The number of thioether (sulfide) groups is 1. The monoisotopic (exact) mass is 687 g/mol. The molecule has 2 aliphatic heterocycles. The van der Waals surface area contributed by atoms with E-state index in [1.54, 1.807) is 68.4 Å². The number of benzene rings is 3. The fourth-order valence-electron chi connectivity index (χ4n) is 5.82. The molecule has 5 atom stereocenters. The second-order valence-electron chi connectivity index (χ2n) is 11.4. The fourth-order valence-corrected chi connectivity index (χ4v) is 7.76. The topological polar surface area (TPSA) is 182 Å². The van der Waals surface area contributed by atoms with Crippen molar-refractivity contribution < 1.29 is 41.9 Å². The molecule has 0 radical (unpaired) electrons. The Morgan fingerprint density at radius 1 is 1.11 bits per heavy atom. The number of nitrogens with zero attached hydrogens (tertiary/aromatic N) is 1. The van der Waals surface area contributed by atoms with E-state index >= 15 is 0 Å². The van der Waals surface area contributed by atoms with Crippen LogP contribution in [0, 0.1) is 5.92 Å². The van der Waals surface area contributed by atoms with E-state index in [2.05, 4.69) is 10.6 Å². The number of quaternary nitrogens is 1. The van der Waals surface area contributed by atoms with Crippen molar-refractivity contribution in [3.63, 3.8) is 0 Å². The number of rotatable bonds is 8. The number of likely N-dealkylation sites (tertiary alicyclic amines) is 1. The summed E-state index contributed by atoms with van der Waals surface area (Å²) in [5.41, 5.74) is 1.47. The Balaban J connectivity index is 1.28. The first-order chi connectivity index (χ1) is 21.7. The van der Waals surface area contributed by atoms with Crippen molar-refractivity contribution in [1.29, 1.82) is 0 Å². The highest BCUT2D eigenvalue weighted by Crippen LogP contribution is 2.36. The molecule has 0 aromatic heterocycles. The number of carboxylic acid groups (broad SMARTS) is 1. The summed E-state index contributed by atoms with van der Waals surface area (Å²) in [6.45, 7) is 3.23. The summed E-state index contributed by atoms with van der Waals surface area (Å²) in [5, 5.41) is 21.1. The Hall–Kier alpha value is -3.95. The molecule has 0 aliphatic carbocycles. The molecule has 0 bridgehead atoms. The number of hydrogen-bond donors (Lipinski definition) is 4. The number of ether oxygens (including phenoxy) is 1. The molecule has 5 N–H and O–H groups in total. The van der Waals surface area contributed by atoms with E-state index in [0.29, 0.717) is 29.0 Å². The lowest BCUT2D eigenvalue weighted by Crippen LogP contribution is -2.61. The summed E-state index contributed by atoms with van der Waals surface area (Å²) >= 11 is 7.11. The van der Waals surface area contributed by atoms with E-state index in [0.717, 1.165) is 17.8 Å². The van der Waals surface area contributed by atoms with Crippen LogP contribution in [0.15, 0.2) is 71.6 Å². The Labute approximate surface area is 274 Å². The number of hydrogen-bond acceptors (Lipinski definition) is 9. The van der Waals surface area contributed by atoms with Crippen LogP contribution in [0.3, 0.4) is 0 Å². The lowest BCUT2D eigenvalue weighted by atomic mass is 10.1. The van der Waals surface area contributed by atoms with Crippen molar-refractivity contribution >= 4 is 62.1 Å². The Kier molecular flexibility index (Phi) is 9.47. The molecule has 12 nitrogen and oxygen atoms in total. The molecule has 5 rings (SSSR count). The standard InChI is InChI=1S/C31H31ClN4O8S2/c1-17(16-45-30(39)19-7-4-3-5-8-19)29(38)36(31(40)41)15-22(11-18(36)2)44-21-10-6-9-20(12-21)27-34-25-14-24(32)26(46(33,42)43)13-23(25)28(37)35-27/h3-10,12-14,17-18,22,27H,11,15-16H2,1-2H3,(H4-,33,34,35,37,40,41,42,43)/p+1/t17?,18?,22-,27?,36-/m0/s1. The quantitative estimate of drug-likeness (QED) is 0.244. The van der Waals surface area contributed by atoms with Gasteiger partial charge in [0.2, 0.25) is 15.1 Å². The van der Waals surface area contributed by atoms with E-state index in [9.17, 15) is 32.7 Å². The van der Waals surface area contributed by atoms with Crippen LogP contribution >= 0.6 is 23.4 Å². The van der Waals surface area contributed by atoms with Gasteiger partial charge in [0.1, 0.15) is 29.4 Å². The van der Waals surface area contributed by atoms with Crippen molar-refractivity contribution in [2.24, 2.45) is 11.1 Å². The van der Waals surface area contributed by atoms with Gasteiger partial charge in [0.15, 0.2) is 6.10 Å². The van der Waals surface area contributed by atoms with Gasteiger partial charge in [-0.1, -0.05) is 65.8 Å². The van der Waals surface area contributed by atoms with Crippen LogP contribution in [0.4, 0.5) is 10.5 Å². The van der Waals surface area contributed by atoms with E-state index in [-0.39, 0.29) is 32.9 Å². The molecule has 0 saturated carbocycles. The fraction of sp³-hybridized carbons (Fsp3) is 0.290. The molecule has 2 aliphatic rings. The highest BCUT2D eigenvalue weighted by molar-refractivity contribution is 8.14. The number of nitrogens with two attached hydrogens (primary N) is 1. The van der Waals surface area contributed by atoms with Gasteiger partial charge in [0.05, 0.1) is 22.2 Å². The summed E-state index contributed by atoms with van der Waals surface area (Å²) in [6.07, 6.45) is -2.32. The molecule has 46 heavy (non-hydrogen) atoms. The highest BCUT2D eigenvalue weighted by atomic mass is 35.5. The Morgan fingerprint density at radius 2 is 1.83 bits per heavy atom. The average molecular weight is 688 g/mol. The highest BCUT2D eigenvalue weighted by Gasteiger charge is 2.58. The molecule has 1 saturated heterocycles. The van der Waals surface area contributed by atoms with Gasteiger partial charge in [-0.25, -0.2) is 18.4 Å². The smallest absolute Gasteiger partial charge is 0.484 e. The zero-order valence-electron chi connectivity index (χ0n) is 24.8. The van der Waals surface area contributed by atoms with E-state index < -0.39 is 56.6 Å². The minimum atomic E-state index is -4.15. The third-order valence-corrected chi connectivity index (χ3v) is 10.7. The third kappa shape index (κ3) is 6.62. The van der Waals surface area contributed by atoms with Gasteiger partial charge >= 0.3 is 12.0 Å². The van der Waals surface area contributed by atoms with Gasteiger partial charge in [-0.15, -0.1) is 0 Å². The van der Waals surface area contributed by atoms with Crippen LogP contribution in [-0.2, 0) is 14.8 Å². The first-order valence-electron chi connectivity index (χ1n) is 14.3. The second kappa shape index (κ2) is 13.0. The summed E-state index contributed by atoms with van der Waals surface area (Å²) < 4.78 is 29.1.